The van der Waals surface area contributed by atoms with Crippen molar-refractivity contribution in [3.63, 3.8) is 0 Å². The summed E-state index contributed by atoms with van der Waals surface area (Å²) in [7, 11) is -3.49. The number of carbonyl (C=O) groups is 1. The Bertz CT molecular complexity index is 851. The van der Waals surface area contributed by atoms with E-state index in [1.165, 1.54) is 28.2 Å². The van der Waals surface area contributed by atoms with Crippen molar-refractivity contribution < 1.29 is 13.2 Å². The van der Waals surface area contributed by atoms with Crippen molar-refractivity contribution in [2.45, 2.75) is 23.6 Å². The second-order valence-electron chi connectivity index (χ2n) is 5.38. The summed E-state index contributed by atoms with van der Waals surface area (Å²) < 4.78 is 27.2. The van der Waals surface area contributed by atoms with E-state index >= 15 is 0 Å². The molecule has 1 N–H and O–H groups in total. The molecule has 2 aromatic carbocycles. The van der Waals surface area contributed by atoms with E-state index in [9.17, 15) is 13.2 Å². The molecule has 0 bridgehead atoms. The lowest BCUT2D eigenvalue weighted by Crippen LogP contribution is -2.30. The fraction of sp³-hybridized carbons (Fsp3) is 0.278. The molecule has 0 heterocycles. The number of nitrogens with zero attached hydrogens (tertiary/aromatic N) is 1. The van der Waals surface area contributed by atoms with Gasteiger partial charge in [-0.15, -0.1) is 11.8 Å². The summed E-state index contributed by atoms with van der Waals surface area (Å²) in [5.74, 6) is 0.118. The molecule has 0 atom stereocenters. The first-order valence-corrected chi connectivity index (χ1v) is 11.4. The first-order valence-electron chi connectivity index (χ1n) is 8.15. The van der Waals surface area contributed by atoms with Crippen LogP contribution in [0.1, 0.15) is 13.8 Å². The minimum Gasteiger partial charge on any atom is -0.325 e. The van der Waals surface area contributed by atoms with Crippen LogP contribution in [0.4, 0.5) is 5.69 Å². The molecular weight excluding hydrogens is 436 g/mol. The monoisotopic (exact) mass is 456 g/mol. The number of anilines is 1. The fourth-order valence-corrected chi connectivity index (χ4v) is 5.15. The molecular formula is C18H21BrN2O3S2. The van der Waals surface area contributed by atoms with Crippen molar-refractivity contribution in [1.82, 2.24) is 4.31 Å². The molecule has 2 rings (SSSR count). The van der Waals surface area contributed by atoms with Crippen LogP contribution in [0, 0.1) is 0 Å². The number of carbonyl (C=O) groups excluding carboxylic acids is 1. The molecule has 0 spiro atoms. The predicted molar refractivity (Wildman–Crippen MR) is 110 cm³/mol. The molecule has 140 valence electrons. The molecule has 0 saturated carbocycles. The van der Waals surface area contributed by atoms with Crippen LogP contribution in [0.5, 0.6) is 0 Å². The van der Waals surface area contributed by atoms with E-state index in [-0.39, 0.29) is 16.6 Å². The highest BCUT2D eigenvalue weighted by molar-refractivity contribution is 9.10. The Hall–Kier alpha value is -1.35. The first-order chi connectivity index (χ1) is 12.4. The maximum atomic E-state index is 12.5. The highest BCUT2D eigenvalue weighted by Gasteiger charge is 2.21. The second kappa shape index (κ2) is 9.55. The molecule has 0 aromatic heterocycles. The minimum absolute atomic E-state index is 0.148. The molecule has 0 unspecified atom stereocenters. The van der Waals surface area contributed by atoms with Crippen molar-refractivity contribution in [3.05, 3.63) is 53.0 Å². The highest BCUT2D eigenvalue weighted by atomic mass is 79.9. The number of thioether (sulfide) groups is 1. The third-order valence-electron chi connectivity index (χ3n) is 3.68. The van der Waals surface area contributed by atoms with Gasteiger partial charge < -0.3 is 5.32 Å². The van der Waals surface area contributed by atoms with Gasteiger partial charge >= 0.3 is 0 Å². The molecule has 1 amide bonds. The number of halogens is 1. The van der Waals surface area contributed by atoms with E-state index in [4.69, 9.17) is 0 Å². The van der Waals surface area contributed by atoms with E-state index < -0.39 is 10.0 Å². The highest BCUT2D eigenvalue weighted by Crippen LogP contribution is 2.27. The van der Waals surface area contributed by atoms with Gasteiger partial charge in [0.05, 0.1) is 10.6 Å². The summed E-state index contributed by atoms with van der Waals surface area (Å²) >= 11 is 4.88. The minimum atomic E-state index is -3.49. The lowest BCUT2D eigenvalue weighted by Gasteiger charge is -2.18. The van der Waals surface area contributed by atoms with Crippen molar-refractivity contribution in [1.29, 1.82) is 0 Å². The average molecular weight is 457 g/mol. The van der Waals surface area contributed by atoms with Gasteiger partial charge in [-0.05, 0) is 52.3 Å². The number of nitrogens with one attached hydrogen (secondary N) is 1. The molecule has 0 fully saturated rings. The fourth-order valence-electron chi connectivity index (χ4n) is 2.32. The number of amides is 1. The van der Waals surface area contributed by atoms with E-state index in [2.05, 4.69) is 21.2 Å². The van der Waals surface area contributed by atoms with Gasteiger partial charge in [0, 0.05) is 28.1 Å². The molecule has 0 aliphatic heterocycles. The summed E-state index contributed by atoms with van der Waals surface area (Å²) in [5, 5.41) is 2.78. The Morgan fingerprint density at radius 3 is 2.27 bits per heavy atom. The Morgan fingerprint density at radius 1 is 1.08 bits per heavy atom. The third kappa shape index (κ3) is 5.33. The van der Waals surface area contributed by atoms with Crippen LogP contribution in [0.2, 0.25) is 0 Å². The number of hydrogen-bond acceptors (Lipinski definition) is 4. The van der Waals surface area contributed by atoms with Crippen molar-refractivity contribution >= 4 is 49.3 Å². The molecule has 5 nitrogen and oxygen atoms in total. The summed E-state index contributed by atoms with van der Waals surface area (Å²) in [6.07, 6.45) is 0. The molecule has 0 aliphatic rings. The summed E-state index contributed by atoms with van der Waals surface area (Å²) in [5.41, 5.74) is 0.571. The Kier molecular flexibility index (Phi) is 7.69. The van der Waals surface area contributed by atoms with Gasteiger partial charge in [0.15, 0.2) is 0 Å². The second-order valence-corrected chi connectivity index (χ2v) is 9.19. The molecule has 8 heteroatoms. The van der Waals surface area contributed by atoms with Crippen LogP contribution < -0.4 is 5.32 Å². The smallest absolute Gasteiger partial charge is 0.243 e. The van der Waals surface area contributed by atoms with Crippen molar-refractivity contribution in [2.75, 3.05) is 24.2 Å². The summed E-state index contributed by atoms with van der Waals surface area (Å²) in [6, 6.07) is 14.0. The average Bonchev–Trinajstić information content (AvgIpc) is 2.62. The van der Waals surface area contributed by atoms with Crippen LogP contribution in [-0.4, -0.2) is 37.5 Å². The maximum absolute atomic E-state index is 12.5. The zero-order valence-electron chi connectivity index (χ0n) is 14.6. The summed E-state index contributed by atoms with van der Waals surface area (Å²) in [6.45, 7) is 4.45. The number of rotatable bonds is 8. The molecule has 0 aliphatic carbocycles. The zero-order chi connectivity index (χ0) is 19.2. The lowest BCUT2D eigenvalue weighted by molar-refractivity contribution is -0.113. The largest absolute Gasteiger partial charge is 0.325 e. The molecule has 0 saturated heterocycles. The van der Waals surface area contributed by atoms with Gasteiger partial charge in [0.25, 0.3) is 0 Å². The van der Waals surface area contributed by atoms with Crippen LogP contribution in [0.3, 0.4) is 0 Å². The third-order valence-corrected chi connectivity index (χ3v) is 7.77. The number of sulfonamides is 1. The van der Waals surface area contributed by atoms with E-state index in [1.807, 2.05) is 24.3 Å². The molecule has 0 radical (unpaired) electrons. The van der Waals surface area contributed by atoms with Gasteiger partial charge in [0.1, 0.15) is 0 Å². The predicted octanol–water partition coefficient (Wildman–Crippen LogP) is 4.21. The van der Waals surface area contributed by atoms with Gasteiger partial charge in [-0.3, -0.25) is 4.79 Å². The van der Waals surface area contributed by atoms with Crippen LogP contribution in [0.15, 0.2) is 62.8 Å². The number of hydrogen-bond donors (Lipinski definition) is 1. The van der Waals surface area contributed by atoms with Crippen molar-refractivity contribution in [3.8, 4) is 0 Å². The van der Waals surface area contributed by atoms with Crippen LogP contribution >= 0.6 is 27.7 Å². The van der Waals surface area contributed by atoms with Gasteiger partial charge in [-0.25, -0.2) is 8.42 Å². The zero-order valence-corrected chi connectivity index (χ0v) is 17.8. The maximum Gasteiger partial charge on any atom is 0.243 e. The Balaban J connectivity index is 1.98. The van der Waals surface area contributed by atoms with Gasteiger partial charge in [-0.1, -0.05) is 26.0 Å². The van der Waals surface area contributed by atoms with E-state index in [1.54, 1.807) is 26.0 Å². The van der Waals surface area contributed by atoms with Crippen LogP contribution in [0.25, 0.3) is 0 Å². The quantitative estimate of drug-likeness (QED) is 0.604. The standard InChI is InChI=1S/C18H21BrN2O3S2/c1-3-21(4-2)26(23,24)15-11-9-14(10-12-15)20-18(22)13-25-17-8-6-5-7-16(17)19/h5-12H,3-4,13H2,1-2H3,(H,20,22). The topological polar surface area (TPSA) is 66.5 Å². The molecule has 26 heavy (non-hydrogen) atoms. The summed E-state index contributed by atoms with van der Waals surface area (Å²) in [4.78, 5) is 13.3. The van der Waals surface area contributed by atoms with Crippen LogP contribution in [-0.2, 0) is 14.8 Å². The normalized spacial score (nSPS) is 11.5. The molecule has 2 aromatic rings. The Morgan fingerprint density at radius 2 is 1.69 bits per heavy atom. The van der Waals surface area contributed by atoms with Gasteiger partial charge in [0.2, 0.25) is 15.9 Å². The van der Waals surface area contributed by atoms with Crippen molar-refractivity contribution in [2.24, 2.45) is 0 Å². The SMILES string of the molecule is CCN(CC)S(=O)(=O)c1ccc(NC(=O)CSc2ccccc2Br)cc1. The van der Waals surface area contributed by atoms with E-state index in [0.29, 0.717) is 18.8 Å². The van der Waals surface area contributed by atoms with E-state index in [0.717, 1.165) is 9.37 Å². The Labute approximate surface area is 167 Å². The lowest BCUT2D eigenvalue weighted by atomic mass is 10.3. The number of benzene rings is 2. The first kappa shape index (κ1) is 21.0. The van der Waals surface area contributed by atoms with Gasteiger partial charge in [-0.2, -0.15) is 4.31 Å².